The fourth-order valence-corrected chi connectivity index (χ4v) is 3.31. The summed E-state index contributed by atoms with van der Waals surface area (Å²) in [7, 11) is 2.24. The number of thioether (sulfide) groups is 2. The third kappa shape index (κ3) is 4.43. The first-order valence-electron chi connectivity index (χ1n) is 5.24. The van der Waals surface area contributed by atoms with Gasteiger partial charge in [-0.15, -0.1) is 0 Å². The molecule has 0 aromatic heterocycles. The zero-order valence-electron chi connectivity index (χ0n) is 9.45. The first-order valence-corrected chi connectivity index (χ1v) is 7.79. The molecule has 14 heavy (non-hydrogen) atoms. The molecule has 1 saturated heterocycles. The molecule has 2 unspecified atom stereocenters. The van der Waals surface area contributed by atoms with E-state index < -0.39 is 0 Å². The van der Waals surface area contributed by atoms with Gasteiger partial charge in [-0.2, -0.15) is 23.5 Å². The van der Waals surface area contributed by atoms with Crippen LogP contribution in [-0.4, -0.2) is 60.6 Å². The van der Waals surface area contributed by atoms with Gasteiger partial charge in [0, 0.05) is 42.4 Å². The number of nitrogens with zero attached hydrogens (tertiary/aromatic N) is 1. The standard InChI is InChI=1S/C10H22N2S2/c1-9(7-13-3)12(2)6-10-8-14-5-4-11-10/h9-11H,4-8H2,1-3H3. The van der Waals surface area contributed by atoms with Gasteiger partial charge in [0.05, 0.1) is 0 Å². The smallest absolute Gasteiger partial charge is 0.0285 e. The highest BCUT2D eigenvalue weighted by atomic mass is 32.2. The summed E-state index contributed by atoms with van der Waals surface area (Å²) < 4.78 is 0. The minimum atomic E-state index is 0.693. The van der Waals surface area contributed by atoms with Crippen LogP contribution in [0.3, 0.4) is 0 Å². The van der Waals surface area contributed by atoms with E-state index in [0.717, 1.165) is 0 Å². The minimum absolute atomic E-state index is 0.693. The maximum absolute atomic E-state index is 3.58. The zero-order valence-corrected chi connectivity index (χ0v) is 11.1. The van der Waals surface area contributed by atoms with Crippen molar-refractivity contribution in [3.63, 3.8) is 0 Å². The second kappa shape index (κ2) is 6.99. The van der Waals surface area contributed by atoms with E-state index >= 15 is 0 Å². The van der Waals surface area contributed by atoms with E-state index in [0.29, 0.717) is 12.1 Å². The number of nitrogens with one attached hydrogen (secondary N) is 1. The molecule has 1 N–H and O–H groups in total. The van der Waals surface area contributed by atoms with Gasteiger partial charge in [0.25, 0.3) is 0 Å². The van der Waals surface area contributed by atoms with Crippen molar-refractivity contribution in [2.24, 2.45) is 0 Å². The molecular formula is C10H22N2S2. The summed E-state index contributed by atoms with van der Waals surface area (Å²) in [6.07, 6.45) is 2.18. The molecule has 0 bridgehead atoms. The van der Waals surface area contributed by atoms with E-state index in [2.05, 4.69) is 42.2 Å². The summed E-state index contributed by atoms with van der Waals surface area (Å²) in [5, 5.41) is 3.58. The molecule has 2 nitrogen and oxygen atoms in total. The molecule has 0 aromatic rings. The molecule has 1 heterocycles. The summed E-state index contributed by atoms with van der Waals surface area (Å²) in [6, 6.07) is 1.39. The van der Waals surface area contributed by atoms with Crippen LogP contribution in [0, 0.1) is 0 Å². The predicted molar refractivity (Wildman–Crippen MR) is 69.6 cm³/mol. The maximum Gasteiger partial charge on any atom is 0.0285 e. The lowest BCUT2D eigenvalue weighted by Gasteiger charge is -2.31. The van der Waals surface area contributed by atoms with Crippen molar-refractivity contribution in [1.82, 2.24) is 10.2 Å². The van der Waals surface area contributed by atoms with Gasteiger partial charge >= 0.3 is 0 Å². The average Bonchev–Trinajstić information content (AvgIpc) is 2.19. The van der Waals surface area contributed by atoms with Gasteiger partial charge in [0.2, 0.25) is 0 Å². The maximum atomic E-state index is 3.58. The van der Waals surface area contributed by atoms with Gasteiger partial charge in [-0.25, -0.2) is 0 Å². The van der Waals surface area contributed by atoms with Crippen molar-refractivity contribution in [3.8, 4) is 0 Å². The molecule has 2 atom stereocenters. The topological polar surface area (TPSA) is 15.3 Å². The summed E-state index contributed by atoms with van der Waals surface area (Å²) >= 11 is 4.01. The highest BCUT2D eigenvalue weighted by Crippen LogP contribution is 2.10. The normalized spacial score (nSPS) is 25.3. The Kier molecular flexibility index (Phi) is 6.33. The summed E-state index contributed by atoms with van der Waals surface area (Å²) in [5.41, 5.74) is 0. The SMILES string of the molecule is CSCC(C)N(C)CC1CSCCN1. The van der Waals surface area contributed by atoms with Crippen LogP contribution in [0.15, 0.2) is 0 Å². The molecule has 0 radical (unpaired) electrons. The quantitative estimate of drug-likeness (QED) is 0.772. The number of rotatable bonds is 5. The summed E-state index contributed by atoms with van der Waals surface area (Å²) in [6.45, 7) is 4.68. The third-order valence-corrected chi connectivity index (χ3v) is 4.61. The molecule has 84 valence electrons. The highest BCUT2D eigenvalue weighted by Gasteiger charge is 2.17. The summed E-state index contributed by atoms with van der Waals surface area (Å²) in [5.74, 6) is 3.78. The first kappa shape index (κ1) is 12.7. The van der Waals surface area contributed by atoms with Crippen molar-refractivity contribution < 1.29 is 0 Å². The lowest BCUT2D eigenvalue weighted by atomic mass is 10.2. The molecule has 1 aliphatic rings. The van der Waals surface area contributed by atoms with E-state index in [1.54, 1.807) is 0 Å². The fraction of sp³-hybridized carbons (Fsp3) is 1.00. The van der Waals surface area contributed by atoms with Crippen LogP contribution in [0.1, 0.15) is 6.92 Å². The number of hydrogen-bond donors (Lipinski definition) is 1. The lowest BCUT2D eigenvalue weighted by Crippen LogP contribution is -2.47. The van der Waals surface area contributed by atoms with Crippen LogP contribution in [0.2, 0.25) is 0 Å². The van der Waals surface area contributed by atoms with Crippen molar-refractivity contribution in [2.75, 3.05) is 43.7 Å². The van der Waals surface area contributed by atoms with Gasteiger partial charge in [-0.1, -0.05) is 0 Å². The van der Waals surface area contributed by atoms with Crippen LogP contribution in [0.25, 0.3) is 0 Å². The van der Waals surface area contributed by atoms with E-state index in [9.17, 15) is 0 Å². The van der Waals surface area contributed by atoms with Crippen LogP contribution >= 0.6 is 23.5 Å². The Bertz CT molecular complexity index is 149. The monoisotopic (exact) mass is 234 g/mol. The Hall–Kier alpha value is 0.620. The molecule has 0 aromatic carbocycles. The van der Waals surface area contributed by atoms with Gasteiger partial charge in [0.1, 0.15) is 0 Å². The van der Waals surface area contributed by atoms with Gasteiger partial charge in [-0.05, 0) is 20.2 Å². The molecule has 0 saturated carbocycles. The molecule has 0 amide bonds. The van der Waals surface area contributed by atoms with Crippen LogP contribution in [0.5, 0.6) is 0 Å². The largest absolute Gasteiger partial charge is 0.311 e. The van der Waals surface area contributed by atoms with E-state index in [-0.39, 0.29) is 0 Å². The Labute approximate surface area is 96.6 Å². The third-order valence-electron chi connectivity index (χ3n) is 2.67. The number of likely N-dealkylation sites (N-methyl/N-ethyl adjacent to an activating group) is 1. The van der Waals surface area contributed by atoms with Crippen molar-refractivity contribution in [1.29, 1.82) is 0 Å². The van der Waals surface area contributed by atoms with E-state index in [1.165, 1.54) is 30.3 Å². The van der Waals surface area contributed by atoms with Crippen LogP contribution < -0.4 is 5.32 Å². The number of hydrogen-bond acceptors (Lipinski definition) is 4. The lowest BCUT2D eigenvalue weighted by molar-refractivity contribution is 0.252. The first-order chi connectivity index (χ1) is 6.74. The zero-order chi connectivity index (χ0) is 10.4. The highest BCUT2D eigenvalue weighted by molar-refractivity contribution is 7.99. The van der Waals surface area contributed by atoms with E-state index in [1.807, 2.05) is 11.8 Å². The summed E-state index contributed by atoms with van der Waals surface area (Å²) in [4.78, 5) is 2.47. The molecule has 1 rings (SSSR count). The Morgan fingerprint density at radius 1 is 1.64 bits per heavy atom. The van der Waals surface area contributed by atoms with Crippen molar-refractivity contribution in [2.45, 2.75) is 19.0 Å². The second-order valence-corrected chi connectivity index (χ2v) is 6.03. The molecule has 1 aliphatic heterocycles. The fourth-order valence-electron chi connectivity index (χ4n) is 1.63. The second-order valence-electron chi connectivity index (χ2n) is 3.97. The van der Waals surface area contributed by atoms with Crippen molar-refractivity contribution in [3.05, 3.63) is 0 Å². The molecule has 0 spiro atoms. The van der Waals surface area contributed by atoms with Crippen LogP contribution in [-0.2, 0) is 0 Å². The minimum Gasteiger partial charge on any atom is -0.311 e. The Balaban J connectivity index is 2.20. The van der Waals surface area contributed by atoms with E-state index in [4.69, 9.17) is 0 Å². The van der Waals surface area contributed by atoms with Gasteiger partial charge in [-0.3, -0.25) is 0 Å². The van der Waals surface area contributed by atoms with Crippen LogP contribution in [0.4, 0.5) is 0 Å². The van der Waals surface area contributed by atoms with Crippen molar-refractivity contribution >= 4 is 23.5 Å². The molecule has 0 aliphatic carbocycles. The molecule has 1 fully saturated rings. The van der Waals surface area contributed by atoms with Gasteiger partial charge < -0.3 is 10.2 Å². The molecular weight excluding hydrogens is 212 g/mol. The Morgan fingerprint density at radius 3 is 3.00 bits per heavy atom. The molecule has 4 heteroatoms. The average molecular weight is 234 g/mol. The Morgan fingerprint density at radius 2 is 2.43 bits per heavy atom. The van der Waals surface area contributed by atoms with Gasteiger partial charge in [0.15, 0.2) is 0 Å². The predicted octanol–water partition coefficient (Wildman–Crippen LogP) is 1.37.